The summed E-state index contributed by atoms with van der Waals surface area (Å²) >= 11 is 0. The van der Waals surface area contributed by atoms with Crippen LogP contribution in [0.25, 0.3) is 0 Å². The summed E-state index contributed by atoms with van der Waals surface area (Å²) in [6, 6.07) is 6.88. The van der Waals surface area contributed by atoms with Gasteiger partial charge in [0.05, 0.1) is 20.3 Å². The monoisotopic (exact) mass is 277 g/mol. The molecule has 18 heavy (non-hydrogen) atoms. The second kappa shape index (κ2) is 7.99. The first kappa shape index (κ1) is 16.8. The van der Waals surface area contributed by atoms with E-state index in [4.69, 9.17) is 14.9 Å². The van der Waals surface area contributed by atoms with Gasteiger partial charge in [0.1, 0.15) is 18.8 Å². The summed E-state index contributed by atoms with van der Waals surface area (Å²) in [5.74, 6) is 0.601. The Morgan fingerprint density at radius 1 is 1.28 bits per heavy atom. The van der Waals surface area contributed by atoms with E-state index in [1.807, 2.05) is 0 Å². The summed E-state index contributed by atoms with van der Waals surface area (Å²) in [4.78, 5) is 11.1. The van der Waals surface area contributed by atoms with E-state index in [0.717, 1.165) is 0 Å². The van der Waals surface area contributed by atoms with Gasteiger partial charge in [-0.05, 0) is 6.07 Å². The van der Waals surface area contributed by atoms with Crippen molar-refractivity contribution in [1.29, 1.82) is 0 Å². The van der Waals surface area contributed by atoms with E-state index >= 15 is 0 Å². The SMILES string of the molecule is COc1cccc([N+](CCO)(CCO)N=O)c1.Cl. The topological polar surface area (TPSA) is 79.1 Å². The lowest BCUT2D eigenvalue weighted by Crippen LogP contribution is -2.47. The van der Waals surface area contributed by atoms with Crippen molar-refractivity contribution >= 4 is 18.1 Å². The van der Waals surface area contributed by atoms with E-state index in [1.165, 1.54) is 7.11 Å². The quantitative estimate of drug-likeness (QED) is 0.444. The highest BCUT2D eigenvalue weighted by Crippen LogP contribution is 2.27. The van der Waals surface area contributed by atoms with E-state index in [1.54, 1.807) is 24.3 Å². The molecule has 0 saturated carbocycles. The molecular weight excluding hydrogens is 260 g/mol. The van der Waals surface area contributed by atoms with E-state index in [0.29, 0.717) is 11.4 Å². The molecule has 0 saturated heterocycles. The lowest BCUT2D eigenvalue weighted by atomic mass is 10.2. The lowest BCUT2D eigenvalue weighted by Gasteiger charge is -2.26. The summed E-state index contributed by atoms with van der Waals surface area (Å²) in [6.45, 7) is -0.139. The van der Waals surface area contributed by atoms with Crippen molar-refractivity contribution in [3.8, 4) is 5.75 Å². The van der Waals surface area contributed by atoms with Gasteiger partial charge in [-0.2, -0.15) is 0 Å². The van der Waals surface area contributed by atoms with Crippen molar-refractivity contribution in [2.24, 2.45) is 5.29 Å². The standard InChI is InChI=1S/C11H17N2O4.ClH/c1-17-11-4-2-3-10(9-11)13(12-16,5-7-14)6-8-15;/h2-4,9,14-15H,5-8H2,1H3;1H/q+1;. The van der Waals surface area contributed by atoms with Crippen molar-refractivity contribution in [3.05, 3.63) is 29.2 Å². The van der Waals surface area contributed by atoms with E-state index < -0.39 is 0 Å². The molecule has 0 aliphatic carbocycles. The molecule has 0 aliphatic heterocycles. The highest BCUT2D eigenvalue weighted by molar-refractivity contribution is 5.85. The molecule has 1 aromatic carbocycles. The molecule has 102 valence electrons. The zero-order chi connectivity index (χ0) is 12.7. The molecule has 0 radical (unpaired) electrons. The second-order valence-corrected chi connectivity index (χ2v) is 3.60. The van der Waals surface area contributed by atoms with Gasteiger partial charge < -0.3 is 14.9 Å². The number of hydrogen-bond donors (Lipinski definition) is 2. The zero-order valence-electron chi connectivity index (χ0n) is 10.2. The van der Waals surface area contributed by atoms with Crippen LogP contribution < -0.4 is 9.33 Å². The minimum atomic E-state index is -0.357. The maximum atomic E-state index is 11.1. The number of aliphatic hydroxyl groups excluding tert-OH is 2. The van der Waals surface area contributed by atoms with Crippen LogP contribution in [0.2, 0.25) is 0 Å². The summed E-state index contributed by atoms with van der Waals surface area (Å²) in [6.07, 6.45) is 0. The number of nitroso groups, excluding NO2 is 1. The third kappa shape index (κ3) is 3.64. The van der Waals surface area contributed by atoms with Crippen molar-refractivity contribution in [2.45, 2.75) is 0 Å². The first-order valence-electron chi connectivity index (χ1n) is 5.30. The molecule has 0 unspecified atom stereocenters. The van der Waals surface area contributed by atoms with Gasteiger partial charge in [0.15, 0.2) is 11.0 Å². The fourth-order valence-electron chi connectivity index (χ4n) is 1.70. The van der Waals surface area contributed by atoms with Gasteiger partial charge >= 0.3 is 0 Å². The molecule has 1 rings (SSSR count). The van der Waals surface area contributed by atoms with Crippen molar-refractivity contribution in [1.82, 2.24) is 4.59 Å². The Balaban J connectivity index is 0.00000289. The number of nitrogens with zero attached hydrogens (tertiary/aromatic N) is 2. The van der Waals surface area contributed by atoms with Gasteiger partial charge in [0, 0.05) is 12.1 Å². The van der Waals surface area contributed by atoms with Crippen LogP contribution >= 0.6 is 12.4 Å². The normalized spacial score (nSPS) is 10.6. The van der Waals surface area contributed by atoms with Crippen LogP contribution in [0.1, 0.15) is 0 Å². The largest absolute Gasteiger partial charge is 0.497 e. The second-order valence-electron chi connectivity index (χ2n) is 3.60. The average molecular weight is 278 g/mol. The molecule has 0 spiro atoms. The number of benzene rings is 1. The molecule has 0 amide bonds. The Bertz CT molecular complexity index is 370. The fraction of sp³-hybridized carbons (Fsp3) is 0.455. The molecule has 2 N–H and O–H groups in total. The predicted molar refractivity (Wildman–Crippen MR) is 71.7 cm³/mol. The molecule has 1 aromatic rings. The first-order chi connectivity index (χ1) is 8.22. The number of halogens is 1. The molecule has 0 bridgehead atoms. The molecular formula is C11H18ClN2O4+. The molecule has 0 atom stereocenters. The van der Waals surface area contributed by atoms with Crippen molar-refractivity contribution in [2.75, 3.05) is 33.4 Å². The van der Waals surface area contributed by atoms with Gasteiger partial charge in [-0.25, -0.2) is 0 Å². The average Bonchev–Trinajstić information content (AvgIpc) is 2.38. The number of quaternary nitrogens is 1. The summed E-state index contributed by atoms with van der Waals surface area (Å²) in [5, 5.41) is 21.1. The third-order valence-electron chi connectivity index (χ3n) is 2.63. The smallest absolute Gasteiger partial charge is 0.165 e. The highest BCUT2D eigenvalue weighted by Gasteiger charge is 2.32. The van der Waals surface area contributed by atoms with Gasteiger partial charge in [-0.15, -0.1) is 17.0 Å². The number of methoxy groups -OCH3 is 1. The summed E-state index contributed by atoms with van der Waals surface area (Å²) in [5.41, 5.74) is 0.586. The minimum absolute atomic E-state index is 0. The maximum Gasteiger partial charge on any atom is 0.165 e. The number of ether oxygens (including phenoxy) is 1. The van der Waals surface area contributed by atoms with Gasteiger partial charge in [0.2, 0.25) is 0 Å². The van der Waals surface area contributed by atoms with Crippen LogP contribution in [0, 0.1) is 4.91 Å². The molecule has 0 aromatic heterocycles. The van der Waals surface area contributed by atoms with Crippen LogP contribution in [0.3, 0.4) is 0 Å². The Hall–Kier alpha value is -1.21. The highest BCUT2D eigenvalue weighted by atomic mass is 35.5. The maximum absolute atomic E-state index is 11.1. The van der Waals surface area contributed by atoms with Crippen LogP contribution in [0.4, 0.5) is 5.69 Å². The van der Waals surface area contributed by atoms with Gasteiger partial charge in [-0.1, -0.05) is 11.0 Å². The third-order valence-corrected chi connectivity index (χ3v) is 2.63. The van der Waals surface area contributed by atoms with E-state index in [-0.39, 0.29) is 43.3 Å². The van der Waals surface area contributed by atoms with Crippen molar-refractivity contribution in [3.63, 3.8) is 0 Å². The minimum Gasteiger partial charge on any atom is -0.497 e. The zero-order valence-corrected chi connectivity index (χ0v) is 11.0. The fourth-order valence-corrected chi connectivity index (χ4v) is 1.70. The van der Waals surface area contributed by atoms with E-state index in [9.17, 15) is 4.91 Å². The Kier molecular flexibility index (Phi) is 7.45. The molecule has 0 aliphatic rings. The van der Waals surface area contributed by atoms with E-state index in [2.05, 4.69) is 5.29 Å². The van der Waals surface area contributed by atoms with Gasteiger partial charge in [-0.3, -0.25) is 0 Å². The van der Waals surface area contributed by atoms with Crippen molar-refractivity contribution < 1.29 is 14.9 Å². The van der Waals surface area contributed by atoms with Crippen LogP contribution in [-0.4, -0.2) is 43.6 Å². The van der Waals surface area contributed by atoms with Crippen LogP contribution in [0.15, 0.2) is 29.6 Å². The molecule has 7 heteroatoms. The van der Waals surface area contributed by atoms with Crippen LogP contribution in [-0.2, 0) is 0 Å². The number of hydrogen-bond acceptors (Lipinski definition) is 5. The van der Waals surface area contributed by atoms with Gasteiger partial charge in [0.25, 0.3) is 0 Å². The molecule has 0 heterocycles. The first-order valence-corrected chi connectivity index (χ1v) is 5.30. The molecule has 0 fully saturated rings. The summed E-state index contributed by atoms with van der Waals surface area (Å²) in [7, 11) is 1.53. The van der Waals surface area contributed by atoms with Crippen LogP contribution in [0.5, 0.6) is 5.75 Å². The lowest BCUT2D eigenvalue weighted by molar-refractivity contribution is 0.165. The molecule has 6 nitrogen and oxygen atoms in total. The Morgan fingerprint density at radius 2 is 1.89 bits per heavy atom. The number of aliphatic hydroxyl groups is 2. The Morgan fingerprint density at radius 3 is 2.33 bits per heavy atom. The number of rotatable bonds is 7. The summed E-state index contributed by atoms with van der Waals surface area (Å²) < 4.78 is 4.72. The predicted octanol–water partition coefficient (Wildman–Crippen LogP) is 1.09. The Labute approximate surface area is 112 Å².